The van der Waals surface area contributed by atoms with Gasteiger partial charge in [-0.05, 0) is 42.0 Å². The molecule has 164 valence electrons. The van der Waals surface area contributed by atoms with Gasteiger partial charge in [0.1, 0.15) is 17.2 Å². The van der Waals surface area contributed by atoms with Crippen LogP contribution in [0.2, 0.25) is 0 Å². The zero-order chi connectivity index (χ0) is 22.0. The lowest BCUT2D eigenvalue weighted by molar-refractivity contribution is 0.0664. The highest BCUT2D eigenvalue weighted by Gasteiger charge is 2.30. The zero-order valence-electron chi connectivity index (χ0n) is 17.7. The summed E-state index contributed by atoms with van der Waals surface area (Å²) in [6, 6.07) is 11.4. The Hall–Kier alpha value is -2.88. The fourth-order valence-corrected chi connectivity index (χ4v) is 4.06. The summed E-state index contributed by atoms with van der Waals surface area (Å²) in [5.41, 5.74) is 2.71. The van der Waals surface area contributed by atoms with E-state index in [1.807, 2.05) is 41.3 Å². The van der Waals surface area contributed by atoms with Crippen molar-refractivity contribution < 1.29 is 23.7 Å². The number of benzene rings is 2. The van der Waals surface area contributed by atoms with Crippen LogP contribution < -0.4 is 14.2 Å². The quantitative estimate of drug-likeness (QED) is 0.557. The molecule has 1 aromatic heterocycles. The normalized spacial score (nSPS) is 16.1. The molecule has 3 aromatic rings. The van der Waals surface area contributed by atoms with Crippen molar-refractivity contribution in [1.29, 1.82) is 0 Å². The molecule has 0 fully saturated rings. The van der Waals surface area contributed by atoms with Gasteiger partial charge in [0, 0.05) is 24.2 Å². The first-order chi connectivity index (χ1) is 15.0. The van der Waals surface area contributed by atoms with Crippen LogP contribution in [0.15, 0.2) is 40.8 Å². The molecule has 1 aliphatic rings. The van der Waals surface area contributed by atoms with Gasteiger partial charge in [-0.2, -0.15) is 0 Å². The van der Waals surface area contributed by atoms with Crippen molar-refractivity contribution in [3.63, 3.8) is 0 Å². The Labute approximate surface area is 185 Å². The summed E-state index contributed by atoms with van der Waals surface area (Å²) in [5, 5.41) is 15.3. The smallest absolute Gasteiger partial charge is 0.288 e. The number of aliphatic hydroxyl groups is 1. The van der Waals surface area contributed by atoms with Gasteiger partial charge in [-0.1, -0.05) is 12.1 Å². The lowest BCUT2D eigenvalue weighted by Gasteiger charge is -2.33. The largest absolute Gasteiger partial charge is 0.497 e. The predicted octanol–water partition coefficient (Wildman–Crippen LogP) is 3.33. The number of β-amino-alcohol motifs (C(OH)–C–C–N with tert-alkyl or cyclic N) is 1. The Morgan fingerprint density at radius 3 is 2.45 bits per heavy atom. The minimum atomic E-state index is -0.714. The molecule has 0 amide bonds. The predicted molar refractivity (Wildman–Crippen MR) is 116 cm³/mol. The summed E-state index contributed by atoms with van der Waals surface area (Å²) >= 11 is 5.37. The van der Waals surface area contributed by atoms with E-state index in [0.29, 0.717) is 48.4 Å². The lowest BCUT2D eigenvalue weighted by Crippen LogP contribution is -2.35. The molecular formula is C22H25N3O5S. The second-order valence-corrected chi connectivity index (χ2v) is 7.67. The molecule has 0 bridgehead atoms. The summed E-state index contributed by atoms with van der Waals surface area (Å²) in [6.45, 7) is 1.37. The number of aliphatic hydroxyl groups excluding tert-OH is 1. The highest BCUT2D eigenvalue weighted by molar-refractivity contribution is 7.71. The molecule has 8 nitrogen and oxygen atoms in total. The number of hydrogen-bond donors (Lipinski definition) is 1. The van der Waals surface area contributed by atoms with Crippen LogP contribution >= 0.6 is 12.2 Å². The number of ether oxygens (including phenoxy) is 3. The second kappa shape index (κ2) is 9.09. The van der Waals surface area contributed by atoms with Crippen LogP contribution in [0.25, 0.3) is 0 Å². The lowest BCUT2D eigenvalue weighted by atomic mass is 9.95. The second-order valence-electron chi connectivity index (χ2n) is 7.32. The molecule has 1 N–H and O–H groups in total. The molecule has 9 heteroatoms. The van der Waals surface area contributed by atoms with Crippen molar-refractivity contribution in [3.05, 3.63) is 63.8 Å². The Morgan fingerprint density at radius 1 is 1.06 bits per heavy atom. The van der Waals surface area contributed by atoms with E-state index < -0.39 is 6.10 Å². The summed E-state index contributed by atoms with van der Waals surface area (Å²) < 4.78 is 23.5. The number of fused-ring (bicyclic) bond motifs is 1. The van der Waals surface area contributed by atoms with Crippen molar-refractivity contribution in [1.82, 2.24) is 14.7 Å². The van der Waals surface area contributed by atoms with Gasteiger partial charge in [0.05, 0.1) is 40.5 Å². The highest BCUT2D eigenvalue weighted by Crippen LogP contribution is 2.39. The minimum Gasteiger partial charge on any atom is -0.497 e. The standard InChI is InChI=1S/C22H25N3O5S/c1-27-15-6-4-14(5-7-15)10-20-23-25(22(31)30-20)13-24-11-16-18(28-2)8-9-19(29-3)21(16)17(26)12-24/h4-9,17,26H,10-13H2,1-3H3. The average Bonchev–Trinajstić information content (AvgIpc) is 3.11. The first-order valence-electron chi connectivity index (χ1n) is 9.86. The summed E-state index contributed by atoms with van der Waals surface area (Å²) in [4.78, 5) is 2.34. The van der Waals surface area contributed by atoms with Crippen LogP contribution in [0.4, 0.5) is 0 Å². The molecule has 0 spiro atoms. The van der Waals surface area contributed by atoms with Crippen LogP contribution in [0.5, 0.6) is 17.2 Å². The van der Waals surface area contributed by atoms with E-state index in [9.17, 15) is 5.11 Å². The molecule has 2 heterocycles. The van der Waals surface area contributed by atoms with E-state index in [4.69, 9.17) is 30.8 Å². The number of rotatable bonds is 7. The summed E-state index contributed by atoms with van der Waals surface area (Å²) in [6.07, 6.45) is -0.189. The maximum absolute atomic E-state index is 10.8. The SMILES string of the molecule is COc1ccc(Cc2nn(CN3Cc4c(OC)ccc(OC)c4C(O)C3)c(=S)o2)cc1. The third-order valence-corrected chi connectivity index (χ3v) is 5.65. The number of nitrogens with zero attached hydrogens (tertiary/aromatic N) is 3. The Kier molecular flexibility index (Phi) is 6.26. The van der Waals surface area contributed by atoms with Gasteiger partial charge < -0.3 is 23.7 Å². The molecular weight excluding hydrogens is 418 g/mol. The number of aromatic nitrogens is 2. The summed E-state index contributed by atoms with van der Waals surface area (Å²) in [5.74, 6) is 2.70. The van der Waals surface area contributed by atoms with Crippen LogP contribution in [-0.2, 0) is 19.6 Å². The number of methoxy groups -OCH3 is 3. The molecule has 0 aliphatic carbocycles. The van der Waals surface area contributed by atoms with E-state index in [-0.39, 0.29) is 0 Å². The highest BCUT2D eigenvalue weighted by atomic mass is 32.1. The third kappa shape index (κ3) is 4.43. The summed E-state index contributed by atoms with van der Waals surface area (Å²) in [7, 11) is 4.85. The van der Waals surface area contributed by atoms with Gasteiger partial charge in [0.15, 0.2) is 0 Å². The molecule has 1 atom stereocenters. The van der Waals surface area contributed by atoms with Crippen molar-refractivity contribution in [2.24, 2.45) is 0 Å². The van der Waals surface area contributed by atoms with Gasteiger partial charge in [-0.3, -0.25) is 4.90 Å². The molecule has 31 heavy (non-hydrogen) atoms. The zero-order valence-corrected chi connectivity index (χ0v) is 18.5. The van der Waals surface area contributed by atoms with Gasteiger partial charge >= 0.3 is 0 Å². The molecule has 1 aliphatic heterocycles. The van der Waals surface area contributed by atoms with E-state index in [2.05, 4.69) is 5.10 Å². The maximum atomic E-state index is 10.8. The maximum Gasteiger partial charge on any atom is 0.288 e. The molecule has 2 aromatic carbocycles. The molecule has 0 saturated carbocycles. The van der Waals surface area contributed by atoms with E-state index in [1.54, 1.807) is 26.0 Å². The average molecular weight is 444 g/mol. The first-order valence-corrected chi connectivity index (χ1v) is 10.3. The molecule has 0 radical (unpaired) electrons. The van der Waals surface area contributed by atoms with Gasteiger partial charge in [-0.25, -0.2) is 4.68 Å². The van der Waals surface area contributed by atoms with Crippen molar-refractivity contribution >= 4 is 12.2 Å². The Bertz CT molecular complexity index is 1110. The van der Waals surface area contributed by atoms with Crippen molar-refractivity contribution in [2.45, 2.75) is 25.7 Å². The monoisotopic (exact) mass is 443 g/mol. The minimum absolute atomic E-state index is 0.293. The number of hydrogen-bond acceptors (Lipinski definition) is 8. The van der Waals surface area contributed by atoms with Crippen molar-refractivity contribution in [2.75, 3.05) is 27.9 Å². The van der Waals surface area contributed by atoms with Gasteiger partial charge in [-0.15, -0.1) is 5.10 Å². The van der Waals surface area contributed by atoms with Crippen LogP contribution in [0.3, 0.4) is 0 Å². The van der Waals surface area contributed by atoms with Gasteiger partial charge in [0.2, 0.25) is 5.89 Å². The third-order valence-electron chi connectivity index (χ3n) is 5.36. The topological polar surface area (TPSA) is 82.1 Å². The van der Waals surface area contributed by atoms with E-state index in [1.165, 1.54) is 0 Å². The van der Waals surface area contributed by atoms with Gasteiger partial charge in [0.25, 0.3) is 4.84 Å². The Morgan fingerprint density at radius 2 is 1.77 bits per heavy atom. The van der Waals surface area contributed by atoms with Crippen LogP contribution in [-0.4, -0.2) is 47.7 Å². The van der Waals surface area contributed by atoms with E-state index >= 15 is 0 Å². The van der Waals surface area contributed by atoms with Crippen molar-refractivity contribution in [3.8, 4) is 17.2 Å². The van der Waals surface area contributed by atoms with Crippen LogP contribution in [0, 0.1) is 4.84 Å². The molecule has 4 rings (SSSR count). The Balaban J connectivity index is 1.52. The van der Waals surface area contributed by atoms with E-state index in [0.717, 1.165) is 22.4 Å². The molecule has 0 saturated heterocycles. The first kappa shape index (κ1) is 21.4. The fourth-order valence-electron chi connectivity index (χ4n) is 3.87. The fraction of sp³-hybridized carbons (Fsp3) is 0.364. The van der Waals surface area contributed by atoms with Crippen LogP contribution in [0.1, 0.15) is 28.7 Å². The molecule has 1 unspecified atom stereocenters.